The molecule has 4 heteroatoms. The monoisotopic (exact) mass is 212 g/mol. The third-order valence-electron chi connectivity index (χ3n) is 1.98. The molecule has 0 spiro atoms. The summed E-state index contributed by atoms with van der Waals surface area (Å²) in [5.74, 6) is -0.155. The van der Waals surface area contributed by atoms with Crippen LogP contribution in [0.4, 0.5) is 0 Å². The number of benzene rings is 1. The number of rotatable bonds is 4. The Bertz CT molecular complexity index is 310. The molecule has 0 fully saturated rings. The predicted molar refractivity (Wildman–Crippen MR) is 57.6 cm³/mol. The first-order chi connectivity index (χ1) is 6.63. The van der Waals surface area contributed by atoms with E-state index >= 15 is 0 Å². The van der Waals surface area contributed by atoms with Gasteiger partial charge in [0, 0.05) is 12.2 Å². The highest BCUT2D eigenvalue weighted by molar-refractivity contribution is 7.80. The Morgan fingerprint density at radius 1 is 1.43 bits per heavy atom. The van der Waals surface area contributed by atoms with Gasteiger partial charge in [-0.3, -0.25) is 0 Å². The lowest BCUT2D eigenvalue weighted by Gasteiger charge is -2.05. The van der Waals surface area contributed by atoms with Gasteiger partial charge < -0.3 is 10.8 Å². The highest BCUT2D eigenvalue weighted by atomic mass is 32.1. The summed E-state index contributed by atoms with van der Waals surface area (Å²) in [6, 6.07) is 7.15. The Kier molecular flexibility index (Phi) is 3.98. The Hall–Kier alpha value is -1.00. The maximum absolute atomic E-state index is 10.6. The van der Waals surface area contributed by atoms with Gasteiger partial charge in [-0.15, -0.1) is 0 Å². The van der Waals surface area contributed by atoms with E-state index in [1.54, 1.807) is 12.1 Å². The Labute approximate surface area is 88.3 Å². The summed E-state index contributed by atoms with van der Waals surface area (Å²) in [4.78, 5) is 10.6. The molecule has 1 unspecified atom stereocenters. The van der Waals surface area contributed by atoms with Gasteiger partial charge in [-0.05, 0) is 17.7 Å². The molecule has 0 radical (unpaired) electrons. The number of hydrogen-bond donors (Lipinski definition) is 3. The summed E-state index contributed by atoms with van der Waals surface area (Å²) in [7, 11) is 0. The molecule has 0 amide bonds. The van der Waals surface area contributed by atoms with Crippen LogP contribution in [-0.2, 0) is 6.42 Å². The maximum atomic E-state index is 10.6. The lowest BCUT2D eigenvalue weighted by molar-refractivity contribution is -0.411. The SMILES string of the molecule is [NH3+]C(CS)Cc1ccc(C(=O)O)cc1. The number of aromatic carboxylic acids is 1. The minimum absolute atomic E-state index is 0.272. The van der Waals surface area contributed by atoms with Gasteiger partial charge in [0.05, 0.1) is 11.6 Å². The molecule has 1 aromatic rings. The maximum Gasteiger partial charge on any atom is 0.335 e. The van der Waals surface area contributed by atoms with E-state index in [2.05, 4.69) is 18.4 Å². The fourth-order valence-electron chi connectivity index (χ4n) is 1.18. The van der Waals surface area contributed by atoms with E-state index in [1.807, 2.05) is 12.1 Å². The Balaban J connectivity index is 2.68. The molecule has 0 bridgehead atoms. The molecule has 14 heavy (non-hydrogen) atoms. The second-order valence-electron chi connectivity index (χ2n) is 3.25. The van der Waals surface area contributed by atoms with E-state index in [9.17, 15) is 4.79 Å². The average Bonchev–Trinajstić information content (AvgIpc) is 2.18. The molecule has 1 aromatic carbocycles. The van der Waals surface area contributed by atoms with E-state index in [4.69, 9.17) is 5.11 Å². The molecular formula is C10H14NO2S+. The molecule has 0 saturated carbocycles. The highest BCUT2D eigenvalue weighted by Gasteiger charge is 2.06. The largest absolute Gasteiger partial charge is 0.478 e. The van der Waals surface area contributed by atoms with Crippen LogP contribution >= 0.6 is 12.6 Å². The first-order valence-corrected chi connectivity index (χ1v) is 5.03. The molecule has 0 aliphatic rings. The van der Waals surface area contributed by atoms with Crippen molar-refractivity contribution in [1.29, 1.82) is 0 Å². The van der Waals surface area contributed by atoms with E-state index < -0.39 is 5.97 Å². The molecule has 76 valence electrons. The molecule has 3 nitrogen and oxygen atoms in total. The van der Waals surface area contributed by atoms with Crippen LogP contribution in [0.2, 0.25) is 0 Å². The molecule has 1 atom stereocenters. The first kappa shape index (κ1) is 11.1. The zero-order valence-electron chi connectivity index (χ0n) is 7.81. The van der Waals surface area contributed by atoms with Gasteiger partial charge in [0.2, 0.25) is 0 Å². The van der Waals surface area contributed by atoms with E-state index in [0.29, 0.717) is 5.56 Å². The lowest BCUT2D eigenvalue weighted by Crippen LogP contribution is -2.63. The minimum Gasteiger partial charge on any atom is -0.478 e. The fourth-order valence-corrected chi connectivity index (χ4v) is 1.31. The van der Waals surface area contributed by atoms with Gasteiger partial charge in [0.1, 0.15) is 0 Å². The van der Waals surface area contributed by atoms with Crippen molar-refractivity contribution in [2.75, 3.05) is 5.75 Å². The van der Waals surface area contributed by atoms with Crippen molar-refractivity contribution in [1.82, 2.24) is 0 Å². The van der Waals surface area contributed by atoms with Crippen LogP contribution in [0.1, 0.15) is 15.9 Å². The van der Waals surface area contributed by atoms with Crippen LogP contribution in [0.15, 0.2) is 24.3 Å². The zero-order chi connectivity index (χ0) is 10.6. The van der Waals surface area contributed by atoms with Gasteiger partial charge in [0.15, 0.2) is 0 Å². The molecular weight excluding hydrogens is 198 g/mol. The standard InChI is InChI=1S/C10H13NO2S/c11-9(6-14)5-7-1-3-8(4-2-7)10(12)13/h1-4,9,14H,5-6,11H2,(H,12,13)/p+1. The summed E-state index contributed by atoms with van der Waals surface area (Å²) in [5.41, 5.74) is 5.34. The second kappa shape index (κ2) is 5.02. The third kappa shape index (κ3) is 3.05. The smallest absolute Gasteiger partial charge is 0.335 e. The summed E-state index contributed by atoms with van der Waals surface area (Å²) in [5, 5.41) is 8.68. The van der Waals surface area contributed by atoms with Crippen molar-refractivity contribution in [2.24, 2.45) is 0 Å². The van der Waals surface area contributed by atoms with Gasteiger partial charge in [0.25, 0.3) is 0 Å². The van der Waals surface area contributed by atoms with E-state index in [1.165, 1.54) is 0 Å². The normalized spacial score (nSPS) is 12.4. The fraction of sp³-hybridized carbons (Fsp3) is 0.300. The van der Waals surface area contributed by atoms with Crippen LogP contribution in [0.3, 0.4) is 0 Å². The van der Waals surface area contributed by atoms with Gasteiger partial charge in [-0.2, -0.15) is 12.6 Å². The number of carboxylic acid groups (broad SMARTS) is 1. The molecule has 0 heterocycles. The second-order valence-corrected chi connectivity index (χ2v) is 3.62. The molecule has 0 aliphatic carbocycles. The van der Waals surface area contributed by atoms with Gasteiger partial charge in [-0.25, -0.2) is 4.79 Å². The number of quaternary nitrogens is 1. The van der Waals surface area contributed by atoms with Crippen molar-refractivity contribution >= 4 is 18.6 Å². The molecule has 1 rings (SSSR count). The summed E-state index contributed by atoms with van der Waals surface area (Å²) < 4.78 is 0. The van der Waals surface area contributed by atoms with Crippen LogP contribution < -0.4 is 5.73 Å². The Morgan fingerprint density at radius 2 is 2.00 bits per heavy atom. The van der Waals surface area contributed by atoms with Crippen molar-refractivity contribution < 1.29 is 15.6 Å². The summed E-state index contributed by atoms with van der Waals surface area (Å²) in [6.07, 6.45) is 0.837. The average molecular weight is 212 g/mol. The number of carboxylic acids is 1. The molecule has 0 aliphatic heterocycles. The predicted octanol–water partition coefficient (Wildman–Crippen LogP) is 0.468. The number of thiol groups is 1. The Morgan fingerprint density at radius 3 is 2.43 bits per heavy atom. The van der Waals surface area contributed by atoms with Crippen LogP contribution in [-0.4, -0.2) is 22.9 Å². The van der Waals surface area contributed by atoms with Crippen LogP contribution in [0.5, 0.6) is 0 Å². The van der Waals surface area contributed by atoms with Crippen molar-refractivity contribution in [2.45, 2.75) is 12.5 Å². The lowest BCUT2D eigenvalue weighted by atomic mass is 10.1. The van der Waals surface area contributed by atoms with E-state index in [0.717, 1.165) is 17.7 Å². The summed E-state index contributed by atoms with van der Waals surface area (Å²) in [6.45, 7) is 0. The number of carbonyl (C=O) groups is 1. The topological polar surface area (TPSA) is 64.9 Å². The molecule has 0 saturated heterocycles. The molecule has 4 N–H and O–H groups in total. The van der Waals surface area contributed by atoms with E-state index in [-0.39, 0.29) is 6.04 Å². The van der Waals surface area contributed by atoms with Gasteiger partial charge >= 0.3 is 5.97 Å². The van der Waals surface area contributed by atoms with Gasteiger partial charge in [-0.1, -0.05) is 12.1 Å². The molecule has 0 aromatic heterocycles. The van der Waals surface area contributed by atoms with Crippen LogP contribution in [0, 0.1) is 0 Å². The third-order valence-corrected chi connectivity index (χ3v) is 2.50. The van der Waals surface area contributed by atoms with Crippen molar-refractivity contribution in [3.05, 3.63) is 35.4 Å². The summed E-state index contributed by atoms with van der Waals surface area (Å²) >= 11 is 4.14. The quantitative estimate of drug-likeness (QED) is 0.635. The van der Waals surface area contributed by atoms with Crippen molar-refractivity contribution in [3.8, 4) is 0 Å². The number of hydrogen-bond acceptors (Lipinski definition) is 2. The van der Waals surface area contributed by atoms with Crippen LogP contribution in [0.25, 0.3) is 0 Å². The first-order valence-electron chi connectivity index (χ1n) is 4.39. The zero-order valence-corrected chi connectivity index (χ0v) is 8.71. The minimum atomic E-state index is -0.892. The van der Waals surface area contributed by atoms with Crippen molar-refractivity contribution in [3.63, 3.8) is 0 Å². The highest BCUT2D eigenvalue weighted by Crippen LogP contribution is 2.06.